The highest BCUT2D eigenvalue weighted by atomic mass is 16.5. The summed E-state index contributed by atoms with van der Waals surface area (Å²) >= 11 is 0. The molecule has 0 aromatic heterocycles. The summed E-state index contributed by atoms with van der Waals surface area (Å²) in [4.78, 5) is 25.6. The van der Waals surface area contributed by atoms with Crippen LogP contribution in [0.2, 0.25) is 0 Å². The van der Waals surface area contributed by atoms with Crippen LogP contribution in [0.3, 0.4) is 0 Å². The minimum atomic E-state index is -0.984. The highest BCUT2D eigenvalue weighted by Gasteiger charge is 2.26. The van der Waals surface area contributed by atoms with E-state index >= 15 is 0 Å². The molecule has 1 aliphatic heterocycles. The lowest BCUT2D eigenvalue weighted by atomic mass is 10.0. The Hall–Kier alpha value is -2.12. The van der Waals surface area contributed by atoms with Gasteiger partial charge in [-0.1, -0.05) is 6.07 Å². The monoisotopic (exact) mass is 336 g/mol. The number of aliphatic hydroxyl groups excluding tert-OH is 1. The van der Waals surface area contributed by atoms with Crippen molar-refractivity contribution in [2.45, 2.75) is 25.4 Å². The molecule has 0 bridgehead atoms. The van der Waals surface area contributed by atoms with Crippen LogP contribution in [0.1, 0.15) is 19.3 Å². The summed E-state index contributed by atoms with van der Waals surface area (Å²) in [5.74, 6) is -1.48. The van der Waals surface area contributed by atoms with Crippen LogP contribution < -0.4 is 10.1 Å². The summed E-state index contributed by atoms with van der Waals surface area (Å²) in [5, 5.41) is 21.6. The Bertz CT molecular complexity index is 570. The lowest BCUT2D eigenvalue weighted by Gasteiger charge is -2.31. The molecule has 7 heteroatoms. The first-order valence-corrected chi connectivity index (χ1v) is 8.05. The van der Waals surface area contributed by atoms with Gasteiger partial charge in [-0.3, -0.25) is 9.59 Å². The summed E-state index contributed by atoms with van der Waals surface area (Å²) in [5.41, 5.74) is 0.574. The van der Waals surface area contributed by atoms with Crippen LogP contribution in [0.5, 0.6) is 5.75 Å². The van der Waals surface area contributed by atoms with E-state index in [9.17, 15) is 19.8 Å². The van der Waals surface area contributed by atoms with Crippen LogP contribution in [0.15, 0.2) is 24.3 Å². The topological polar surface area (TPSA) is 99.1 Å². The number of amides is 1. The molecule has 1 aromatic rings. The van der Waals surface area contributed by atoms with Crippen molar-refractivity contribution in [1.29, 1.82) is 0 Å². The number of likely N-dealkylation sites (tertiary alicyclic amines) is 1. The van der Waals surface area contributed by atoms with Gasteiger partial charge in [0.15, 0.2) is 0 Å². The molecule has 1 aliphatic rings. The third kappa shape index (κ3) is 5.50. The average Bonchev–Trinajstić information content (AvgIpc) is 2.56. The number of aliphatic carboxylic acids is 1. The number of rotatable bonds is 7. The maximum absolute atomic E-state index is 12.1. The number of carbonyl (C=O) groups excluding carboxylic acids is 1. The van der Waals surface area contributed by atoms with Gasteiger partial charge in [0.05, 0.1) is 19.1 Å². The molecule has 0 radical (unpaired) electrons. The summed E-state index contributed by atoms with van der Waals surface area (Å²) in [6.07, 6.45) is 0.886. The molecule has 1 amide bonds. The van der Waals surface area contributed by atoms with Gasteiger partial charge < -0.3 is 25.2 Å². The van der Waals surface area contributed by atoms with E-state index in [4.69, 9.17) is 4.74 Å². The van der Waals surface area contributed by atoms with Gasteiger partial charge in [-0.25, -0.2) is 0 Å². The molecule has 132 valence electrons. The molecule has 1 atom stereocenters. The van der Waals surface area contributed by atoms with Crippen LogP contribution in [0, 0.1) is 5.92 Å². The number of carboxylic acid groups (broad SMARTS) is 1. The molecule has 1 heterocycles. The number of hydrogen-bond donors (Lipinski definition) is 3. The van der Waals surface area contributed by atoms with Crippen molar-refractivity contribution in [3.05, 3.63) is 24.3 Å². The molecule has 0 spiro atoms. The van der Waals surface area contributed by atoms with E-state index in [1.165, 1.54) is 7.11 Å². The molecular weight excluding hydrogens is 312 g/mol. The fourth-order valence-corrected chi connectivity index (χ4v) is 2.78. The van der Waals surface area contributed by atoms with Crippen molar-refractivity contribution >= 4 is 17.6 Å². The van der Waals surface area contributed by atoms with E-state index < -0.39 is 11.9 Å². The van der Waals surface area contributed by atoms with Gasteiger partial charge in [0, 0.05) is 37.8 Å². The lowest BCUT2D eigenvalue weighted by Crippen LogP contribution is -2.41. The molecule has 3 N–H and O–H groups in total. The summed E-state index contributed by atoms with van der Waals surface area (Å²) in [6.45, 7) is 1.62. The van der Waals surface area contributed by atoms with Crippen molar-refractivity contribution < 1.29 is 24.5 Å². The third-order valence-corrected chi connectivity index (χ3v) is 4.17. The molecule has 24 heavy (non-hydrogen) atoms. The number of nitrogens with zero attached hydrogens (tertiary/aromatic N) is 1. The molecular formula is C17H24N2O5. The normalized spacial score (nSPS) is 17.2. The predicted octanol–water partition coefficient (Wildman–Crippen LogP) is 1.18. The van der Waals surface area contributed by atoms with Gasteiger partial charge in [-0.05, 0) is 25.0 Å². The molecule has 0 saturated carbocycles. The quantitative estimate of drug-likeness (QED) is 0.691. The first kappa shape index (κ1) is 18.2. The number of nitrogens with one attached hydrogen (secondary N) is 1. The Kier molecular flexibility index (Phi) is 6.57. The summed E-state index contributed by atoms with van der Waals surface area (Å²) < 4.78 is 5.09. The largest absolute Gasteiger partial charge is 0.497 e. The van der Waals surface area contributed by atoms with Crippen molar-refractivity contribution in [2.24, 2.45) is 5.92 Å². The highest BCUT2D eigenvalue weighted by molar-refractivity contribution is 5.93. The van der Waals surface area contributed by atoms with E-state index in [0.717, 1.165) is 0 Å². The third-order valence-electron chi connectivity index (χ3n) is 4.17. The smallest absolute Gasteiger partial charge is 0.308 e. The van der Waals surface area contributed by atoms with Gasteiger partial charge in [-0.2, -0.15) is 0 Å². The van der Waals surface area contributed by atoms with Crippen molar-refractivity contribution in [3.8, 4) is 5.75 Å². The minimum absolute atomic E-state index is 0.0917. The summed E-state index contributed by atoms with van der Waals surface area (Å²) in [6, 6.07) is 6.92. The van der Waals surface area contributed by atoms with Crippen molar-refractivity contribution in [2.75, 3.05) is 32.1 Å². The lowest BCUT2D eigenvalue weighted by molar-refractivity contribution is -0.144. The van der Waals surface area contributed by atoms with Crippen molar-refractivity contribution in [1.82, 2.24) is 4.90 Å². The molecule has 1 fully saturated rings. The molecule has 2 rings (SSSR count). The highest BCUT2D eigenvalue weighted by Crippen LogP contribution is 2.18. The Morgan fingerprint density at radius 3 is 2.71 bits per heavy atom. The van der Waals surface area contributed by atoms with E-state index in [1.807, 2.05) is 4.90 Å². The molecule has 1 saturated heterocycles. The minimum Gasteiger partial charge on any atom is -0.497 e. The second-order valence-corrected chi connectivity index (χ2v) is 6.05. The van der Waals surface area contributed by atoms with Crippen LogP contribution in [0.4, 0.5) is 5.69 Å². The summed E-state index contributed by atoms with van der Waals surface area (Å²) in [7, 11) is 1.54. The van der Waals surface area contributed by atoms with Gasteiger partial charge in [-0.15, -0.1) is 0 Å². The Balaban J connectivity index is 1.89. The van der Waals surface area contributed by atoms with Crippen LogP contribution >= 0.6 is 0 Å². The number of piperidine rings is 1. The predicted molar refractivity (Wildman–Crippen MR) is 89.0 cm³/mol. The van der Waals surface area contributed by atoms with E-state index in [0.29, 0.717) is 43.9 Å². The van der Waals surface area contributed by atoms with Gasteiger partial charge >= 0.3 is 5.97 Å². The molecule has 0 aliphatic carbocycles. The Morgan fingerprint density at radius 2 is 2.08 bits per heavy atom. The SMILES string of the molecule is COc1cccc(NC(=O)C[C@@H](CN2CCC(O)CC2)C(=O)O)c1. The second kappa shape index (κ2) is 8.65. The molecule has 0 unspecified atom stereocenters. The first-order chi connectivity index (χ1) is 11.5. The Morgan fingerprint density at radius 1 is 1.38 bits per heavy atom. The van der Waals surface area contributed by atoms with Gasteiger partial charge in [0.2, 0.25) is 5.91 Å². The number of benzene rings is 1. The van der Waals surface area contributed by atoms with Crippen molar-refractivity contribution in [3.63, 3.8) is 0 Å². The fourth-order valence-electron chi connectivity index (χ4n) is 2.78. The maximum Gasteiger partial charge on any atom is 0.308 e. The zero-order chi connectivity index (χ0) is 17.5. The Labute approximate surface area is 141 Å². The van der Waals surface area contributed by atoms with Crippen LogP contribution in [0.25, 0.3) is 0 Å². The number of carboxylic acids is 1. The van der Waals surface area contributed by atoms with Gasteiger partial charge in [0.25, 0.3) is 0 Å². The fraction of sp³-hybridized carbons (Fsp3) is 0.529. The van der Waals surface area contributed by atoms with Gasteiger partial charge in [0.1, 0.15) is 5.75 Å². The zero-order valence-corrected chi connectivity index (χ0v) is 13.8. The van der Waals surface area contributed by atoms with Crippen LogP contribution in [-0.4, -0.2) is 59.8 Å². The number of carbonyl (C=O) groups is 2. The number of anilines is 1. The first-order valence-electron chi connectivity index (χ1n) is 8.05. The number of methoxy groups -OCH3 is 1. The zero-order valence-electron chi connectivity index (χ0n) is 13.8. The molecule has 7 nitrogen and oxygen atoms in total. The molecule has 1 aromatic carbocycles. The van der Waals surface area contributed by atoms with E-state index in [2.05, 4.69) is 5.32 Å². The second-order valence-electron chi connectivity index (χ2n) is 6.05. The van der Waals surface area contributed by atoms with Crippen LogP contribution in [-0.2, 0) is 9.59 Å². The number of ether oxygens (including phenoxy) is 1. The van der Waals surface area contributed by atoms with E-state index in [-0.39, 0.29) is 18.4 Å². The maximum atomic E-state index is 12.1. The number of aliphatic hydroxyl groups is 1. The standard InChI is InChI=1S/C17H24N2O5/c1-24-15-4-2-3-13(10-15)18-16(21)9-12(17(22)23)11-19-7-5-14(20)6-8-19/h2-4,10,12,14,20H,5-9,11H2,1H3,(H,18,21)(H,22,23)/t12-/m0/s1. The van der Waals surface area contributed by atoms with E-state index in [1.54, 1.807) is 24.3 Å². The average molecular weight is 336 g/mol. The number of hydrogen-bond acceptors (Lipinski definition) is 5.